The van der Waals surface area contributed by atoms with Gasteiger partial charge in [-0.1, -0.05) is 6.07 Å². The normalized spacial score (nSPS) is 12.0. The van der Waals surface area contributed by atoms with Crippen LogP contribution in [0.5, 0.6) is 0 Å². The molecule has 1 aromatic carbocycles. The summed E-state index contributed by atoms with van der Waals surface area (Å²) in [6.07, 6.45) is 1.35. The zero-order chi connectivity index (χ0) is 12.4. The lowest BCUT2D eigenvalue weighted by Gasteiger charge is -2.04. The molecule has 0 spiro atoms. The summed E-state index contributed by atoms with van der Waals surface area (Å²) in [5, 5.41) is 0.485. The number of nitrogens with one attached hydrogen (secondary N) is 1. The third-order valence-electron chi connectivity index (χ3n) is 2.38. The van der Waals surface area contributed by atoms with Gasteiger partial charge in [0, 0.05) is 0 Å². The Kier molecular flexibility index (Phi) is 3.10. The largest absolute Gasteiger partial charge is 0.386 e. The highest BCUT2D eigenvalue weighted by Gasteiger charge is 2.08. The van der Waals surface area contributed by atoms with Crippen LogP contribution in [0.4, 0.5) is 5.69 Å². The first-order valence-electron chi connectivity index (χ1n) is 4.99. The van der Waals surface area contributed by atoms with Crippen molar-refractivity contribution in [2.45, 2.75) is 6.92 Å². The number of alkyl halides is 1. The number of aliphatic imine (C=N–C) groups is 1. The molecule has 0 unspecified atom stereocenters. The Morgan fingerprint density at radius 2 is 2.35 bits per heavy atom. The molecule has 0 atom stereocenters. The molecule has 2 rings (SSSR count). The quantitative estimate of drug-likeness (QED) is 0.481. The van der Waals surface area contributed by atoms with Crippen molar-refractivity contribution in [2.75, 3.05) is 5.88 Å². The number of halogens is 1. The lowest BCUT2D eigenvalue weighted by Crippen LogP contribution is -2.13. The van der Waals surface area contributed by atoms with Crippen molar-refractivity contribution < 1.29 is 0 Å². The summed E-state index contributed by atoms with van der Waals surface area (Å²) in [5.74, 6) is 0.434. The monoisotopic (exact) mass is 250 g/mol. The zero-order valence-corrected chi connectivity index (χ0v) is 9.95. The van der Waals surface area contributed by atoms with Crippen LogP contribution >= 0.6 is 11.6 Å². The number of hydrogen-bond donors (Lipinski definition) is 2. The van der Waals surface area contributed by atoms with E-state index in [1.165, 1.54) is 6.33 Å². The number of fused-ring (bicyclic) bond motifs is 1. The van der Waals surface area contributed by atoms with Crippen molar-refractivity contribution >= 4 is 34.0 Å². The molecule has 0 saturated heterocycles. The summed E-state index contributed by atoms with van der Waals surface area (Å²) in [5.41, 5.74) is 7.42. The highest BCUT2D eigenvalue weighted by Crippen LogP contribution is 2.26. The topological polar surface area (TPSA) is 84.1 Å². The second-order valence-corrected chi connectivity index (χ2v) is 3.86. The van der Waals surface area contributed by atoms with E-state index in [-0.39, 0.29) is 11.4 Å². The molecule has 1 heterocycles. The van der Waals surface area contributed by atoms with Crippen LogP contribution in [0.25, 0.3) is 10.9 Å². The minimum absolute atomic E-state index is 0.138. The smallest absolute Gasteiger partial charge is 0.258 e. The van der Waals surface area contributed by atoms with Crippen LogP contribution in [-0.2, 0) is 0 Å². The van der Waals surface area contributed by atoms with E-state index in [2.05, 4.69) is 15.0 Å². The molecular weight excluding hydrogens is 240 g/mol. The summed E-state index contributed by atoms with van der Waals surface area (Å²) < 4.78 is 0. The van der Waals surface area contributed by atoms with Gasteiger partial charge in [0.05, 0.1) is 23.3 Å². The Balaban J connectivity index is 2.81. The van der Waals surface area contributed by atoms with Gasteiger partial charge in [-0.2, -0.15) is 0 Å². The van der Waals surface area contributed by atoms with Crippen LogP contribution in [0, 0.1) is 6.92 Å². The van der Waals surface area contributed by atoms with Crippen molar-refractivity contribution in [1.82, 2.24) is 9.97 Å². The van der Waals surface area contributed by atoms with Gasteiger partial charge in [0.1, 0.15) is 11.4 Å². The summed E-state index contributed by atoms with van der Waals surface area (Å²) in [4.78, 5) is 22.4. The molecule has 0 radical (unpaired) electrons. The van der Waals surface area contributed by atoms with Gasteiger partial charge in [-0.3, -0.25) is 4.79 Å². The van der Waals surface area contributed by atoms with Crippen LogP contribution in [-0.4, -0.2) is 21.7 Å². The maximum atomic E-state index is 11.6. The molecular formula is C11H11ClN4O. The van der Waals surface area contributed by atoms with E-state index < -0.39 is 0 Å². The molecule has 1 aromatic heterocycles. The van der Waals surface area contributed by atoms with Crippen LogP contribution < -0.4 is 11.3 Å². The van der Waals surface area contributed by atoms with Crippen molar-refractivity contribution in [3.63, 3.8) is 0 Å². The first-order valence-corrected chi connectivity index (χ1v) is 5.53. The van der Waals surface area contributed by atoms with E-state index in [0.717, 1.165) is 5.56 Å². The number of benzene rings is 1. The van der Waals surface area contributed by atoms with E-state index in [9.17, 15) is 4.79 Å². The van der Waals surface area contributed by atoms with Gasteiger partial charge in [0.15, 0.2) is 0 Å². The number of amidine groups is 1. The standard InChI is InChI=1S/C11H11ClN4O/c1-6-2-3-7-10(14-5-15-11(7)17)9(6)16-8(13)4-12/h2-3,5H,4H2,1H3,(H2,13,16)(H,14,15,17). The van der Waals surface area contributed by atoms with Gasteiger partial charge in [-0.05, 0) is 18.6 Å². The predicted octanol–water partition coefficient (Wildman–Crippen LogP) is 1.46. The first kappa shape index (κ1) is 11.6. The maximum Gasteiger partial charge on any atom is 0.258 e. The van der Waals surface area contributed by atoms with E-state index in [1.54, 1.807) is 12.1 Å². The number of aryl methyl sites for hydroxylation is 1. The summed E-state index contributed by atoms with van der Waals surface area (Å²) >= 11 is 5.59. The van der Waals surface area contributed by atoms with Crippen molar-refractivity contribution in [3.05, 3.63) is 34.4 Å². The molecule has 0 aliphatic heterocycles. The average molecular weight is 251 g/mol. The highest BCUT2D eigenvalue weighted by molar-refractivity contribution is 6.28. The SMILES string of the molecule is Cc1ccc2c(=O)[nH]cnc2c1N=C(N)CCl. The molecule has 88 valence electrons. The predicted molar refractivity (Wildman–Crippen MR) is 69.1 cm³/mol. The fourth-order valence-corrected chi connectivity index (χ4v) is 1.60. The minimum atomic E-state index is -0.198. The van der Waals surface area contributed by atoms with Crippen molar-refractivity contribution in [2.24, 2.45) is 10.7 Å². The summed E-state index contributed by atoms with van der Waals surface area (Å²) in [6.45, 7) is 1.88. The fourth-order valence-electron chi connectivity index (χ4n) is 1.54. The zero-order valence-electron chi connectivity index (χ0n) is 9.20. The van der Waals surface area contributed by atoms with Crippen LogP contribution in [0.15, 0.2) is 28.2 Å². The summed E-state index contributed by atoms with van der Waals surface area (Å²) in [6, 6.07) is 3.52. The van der Waals surface area contributed by atoms with Crippen LogP contribution in [0.2, 0.25) is 0 Å². The van der Waals surface area contributed by atoms with Gasteiger partial charge in [-0.15, -0.1) is 11.6 Å². The average Bonchev–Trinajstić information content (AvgIpc) is 2.33. The molecule has 17 heavy (non-hydrogen) atoms. The Hall–Kier alpha value is -1.88. The number of aromatic nitrogens is 2. The van der Waals surface area contributed by atoms with Crippen molar-refractivity contribution in [1.29, 1.82) is 0 Å². The third-order valence-corrected chi connectivity index (χ3v) is 2.65. The maximum absolute atomic E-state index is 11.6. The van der Waals surface area contributed by atoms with Crippen LogP contribution in [0.1, 0.15) is 5.56 Å². The van der Waals surface area contributed by atoms with Gasteiger partial charge in [-0.25, -0.2) is 9.98 Å². The molecule has 2 aromatic rings. The van der Waals surface area contributed by atoms with Crippen molar-refractivity contribution in [3.8, 4) is 0 Å². The van der Waals surface area contributed by atoms with Gasteiger partial charge < -0.3 is 10.7 Å². The number of nitrogens with zero attached hydrogens (tertiary/aromatic N) is 2. The van der Waals surface area contributed by atoms with E-state index in [4.69, 9.17) is 17.3 Å². The molecule has 5 nitrogen and oxygen atoms in total. The lowest BCUT2D eigenvalue weighted by molar-refractivity contribution is 1.17. The number of rotatable bonds is 2. The van der Waals surface area contributed by atoms with Gasteiger partial charge in [0.25, 0.3) is 5.56 Å². The summed E-state index contributed by atoms with van der Waals surface area (Å²) in [7, 11) is 0. The Morgan fingerprint density at radius 1 is 1.59 bits per heavy atom. The number of nitrogens with two attached hydrogens (primary N) is 1. The first-order chi connectivity index (χ1) is 8.13. The Labute approximate surface area is 102 Å². The molecule has 0 amide bonds. The minimum Gasteiger partial charge on any atom is -0.386 e. The third kappa shape index (κ3) is 2.14. The second-order valence-electron chi connectivity index (χ2n) is 3.60. The Bertz CT molecular complexity index is 647. The van der Waals surface area contributed by atoms with Gasteiger partial charge in [0.2, 0.25) is 0 Å². The molecule has 0 fully saturated rings. The lowest BCUT2D eigenvalue weighted by atomic mass is 10.1. The number of hydrogen-bond acceptors (Lipinski definition) is 3. The number of aromatic amines is 1. The molecule has 0 saturated carbocycles. The highest BCUT2D eigenvalue weighted by atomic mass is 35.5. The van der Waals surface area contributed by atoms with E-state index >= 15 is 0 Å². The fraction of sp³-hybridized carbons (Fsp3) is 0.182. The molecule has 0 bridgehead atoms. The molecule has 0 aliphatic rings. The Morgan fingerprint density at radius 3 is 3.06 bits per heavy atom. The van der Waals surface area contributed by atoms with E-state index in [0.29, 0.717) is 22.4 Å². The van der Waals surface area contributed by atoms with E-state index in [1.807, 2.05) is 6.92 Å². The molecule has 6 heteroatoms. The van der Waals surface area contributed by atoms with Crippen LogP contribution in [0.3, 0.4) is 0 Å². The number of H-pyrrole nitrogens is 1. The molecule has 3 N–H and O–H groups in total. The second kappa shape index (κ2) is 4.55. The van der Waals surface area contributed by atoms with Gasteiger partial charge >= 0.3 is 0 Å². The molecule has 0 aliphatic carbocycles.